The maximum absolute atomic E-state index is 6.10. The maximum Gasteiger partial charge on any atom is 0.173 e. The molecule has 0 fully saturated rings. The fourth-order valence-corrected chi connectivity index (χ4v) is 2.09. The third-order valence-corrected chi connectivity index (χ3v) is 3.63. The molecule has 2 aromatic rings. The smallest absolute Gasteiger partial charge is 0.173 e. The van der Waals surface area contributed by atoms with E-state index in [1.807, 2.05) is 54.4 Å². The molecule has 0 atom stereocenters. The molecule has 0 bridgehead atoms. The van der Waals surface area contributed by atoms with Crippen LogP contribution in [0.25, 0.3) is 0 Å². The van der Waals surface area contributed by atoms with E-state index in [2.05, 4.69) is 10.3 Å². The van der Waals surface area contributed by atoms with Crippen molar-refractivity contribution < 1.29 is 0 Å². The Morgan fingerprint density at radius 1 is 1.25 bits per heavy atom. The van der Waals surface area contributed by atoms with Crippen LogP contribution in [-0.2, 0) is 6.42 Å². The minimum absolute atomic E-state index is 0.647. The molecule has 0 aliphatic carbocycles. The van der Waals surface area contributed by atoms with Gasteiger partial charge in [-0.2, -0.15) is 0 Å². The first-order valence-electron chi connectivity index (χ1n) is 6.33. The largest absolute Gasteiger partial charge is 0.352 e. The van der Waals surface area contributed by atoms with E-state index >= 15 is 0 Å². The van der Waals surface area contributed by atoms with Gasteiger partial charge in [-0.25, -0.2) is 0 Å². The van der Waals surface area contributed by atoms with Crippen LogP contribution in [0.2, 0.25) is 5.02 Å². The predicted octanol–water partition coefficient (Wildman–Crippen LogP) is 3.61. The van der Waals surface area contributed by atoms with Gasteiger partial charge in [-0.3, -0.25) is 4.98 Å². The summed E-state index contributed by atoms with van der Waals surface area (Å²) >= 11 is 11.5. The second-order valence-corrected chi connectivity index (χ2v) is 5.20. The van der Waals surface area contributed by atoms with Gasteiger partial charge in [0.15, 0.2) is 5.11 Å². The molecule has 5 heteroatoms. The molecule has 1 aromatic carbocycles. The number of halogens is 1. The van der Waals surface area contributed by atoms with Crippen molar-refractivity contribution in [3.8, 4) is 0 Å². The van der Waals surface area contributed by atoms with Crippen LogP contribution in [0.15, 0.2) is 48.7 Å². The van der Waals surface area contributed by atoms with Gasteiger partial charge in [-0.1, -0.05) is 29.8 Å². The molecule has 3 nitrogen and oxygen atoms in total. The molecule has 0 saturated carbocycles. The second kappa shape index (κ2) is 7.22. The summed E-state index contributed by atoms with van der Waals surface area (Å²) in [4.78, 5) is 6.28. The first-order valence-corrected chi connectivity index (χ1v) is 7.12. The Kier molecular flexibility index (Phi) is 5.32. The van der Waals surface area contributed by atoms with Crippen LogP contribution < -0.4 is 5.32 Å². The summed E-state index contributed by atoms with van der Waals surface area (Å²) in [6.45, 7) is 0.799. The van der Waals surface area contributed by atoms with E-state index in [-0.39, 0.29) is 0 Å². The Morgan fingerprint density at radius 3 is 2.70 bits per heavy atom. The molecule has 20 heavy (non-hydrogen) atoms. The van der Waals surface area contributed by atoms with Crippen molar-refractivity contribution in [1.29, 1.82) is 0 Å². The third-order valence-electron chi connectivity index (χ3n) is 2.89. The Bertz CT molecular complexity index is 574. The number of para-hydroxylation sites is 1. The Morgan fingerprint density at radius 2 is 2.00 bits per heavy atom. The van der Waals surface area contributed by atoms with Crippen LogP contribution in [0.5, 0.6) is 0 Å². The lowest BCUT2D eigenvalue weighted by atomic mass is 10.2. The minimum atomic E-state index is 0.647. The molecule has 0 aliphatic heterocycles. The molecule has 0 radical (unpaired) electrons. The Balaban J connectivity index is 1.88. The van der Waals surface area contributed by atoms with Gasteiger partial charge < -0.3 is 10.2 Å². The molecular formula is C15H16ClN3S. The van der Waals surface area contributed by atoms with Crippen molar-refractivity contribution in [2.45, 2.75) is 6.42 Å². The Labute approximate surface area is 129 Å². The van der Waals surface area contributed by atoms with Crippen LogP contribution in [0.4, 0.5) is 5.69 Å². The average Bonchev–Trinajstić information content (AvgIpc) is 2.48. The number of benzene rings is 1. The number of rotatable bonds is 4. The Hall–Kier alpha value is -1.65. The van der Waals surface area contributed by atoms with E-state index in [1.165, 1.54) is 0 Å². The molecule has 1 heterocycles. The lowest BCUT2D eigenvalue weighted by Gasteiger charge is -2.21. The van der Waals surface area contributed by atoms with E-state index in [1.54, 1.807) is 6.20 Å². The summed E-state index contributed by atoms with van der Waals surface area (Å²) in [5, 5.41) is 4.46. The molecule has 0 aliphatic rings. The van der Waals surface area contributed by atoms with Crippen LogP contribution in [0, 0.1) is 0 Å². The number of nitrogens with one attached hydrogen (secondary N) is 1. The minimum Gasteiger partial charge on any atom is -0.352 e. The first-order chi connectivity index (χ1) is 9.66. The van der Waals surface area contributed by atoms with Gasteiger partial charge in [0.05, 0.1) is 10.7 Å². The number of nitrogens with zero attached hydrogens (tertiary/aromatic N) is 2. The van der Waals surface area contributed by atoms with Crippen molar-refractivity contribution in [3.63, 3.8) is 0 Å². The van der Waals surface area contributed by atoms with Gasteiger partial charge in [0, 0.05) is 31.9 Å². The second-order valence-electron chi connectivity index (χ2n) is 4.40. The normalized spacial score (nSPS) is 10.1. The van der Waals surface area contributed by atoms with E-state index in [0.717, 1.165) is 24.3 Å². The highest BCUT2D eigenvalue weighted by Gasteiger charge is 2.07. The lowest BCUT2D eigenvalue weighted by Crippen LogP contribution is -2.32. The van der Waals surface area contributed by atoms with Crippen LogP contribution >= 0.6 is 23.8 Å². The monoisotopic (exact) mass is 305 g/mol. The highest BCUT2D eigenvalue weighted by atomic mass is 35.5. The standard InChI is InChI=1S/C15H16ClN3S/c1-19(11-9-12-6-4-5-10-17-12)15(20)18-14-8-3-2-7-13(14)16/h2-8,10H,9,11H2,1H3,(H,18,20). The van der Waals surface area contributed by atoms with Crippen molar-refractivity contribution in [1.82, 2.24) is 9.88 Å². The number of likely N-dealkylation sites (N-methyl/N-ethyl adjacent to an activating group) is 1. The zero-order valence-corrected chi connectivity index (χ0v) is 12.8. The van der Waals surface area contributed by atoms with E-state index in [9.17, 15) is 0 Å². The van der Waals surface area contributed by atoms with Crippen molar-refractivity contribution in [3.05, 3.63) is 59.4 Å². The molecule has 1 aromatic heterocycles. The highest BCUT2D eigenvalue weighted by Crippen LogP contribution is 2.20. The average molecular weight is 306 g/mol. The zero-order chi connectivity index (χ0) is 14.4. The summed E-state index contributed by atoms with van der Waals surface area (Å²) in [6.07, 6.45) is 2.65. The number of aromatic nitrogens is 1. The summed E-state index contributed by atoms with van der Waals surface area (Å²) in [7, 11) is 1.95. The number of hydrogen-bond acceptors (Lipinski definition) is 2. The van der Waals surface area contributed by atoms with Gasteiger partial charge >= 0.3 is 0 Å². The summed E-state index contributed by atoms with van der Waals surface area (Å²) in [5.74, 6) is 0. The fourth-order valence-electron chi connectivity index (χ4n) is 1.70. The molecule has 0 spiro atoms. The maximum atomic E-state index is 6.10. The van der Waals surface area contributed by atoms with E-state index < -0.39 is 0 Å². The van der Waals surface area contributed by atoms with Gasteiger partial charge in [0.1, 0.15) is 0 Å². The highest BCUT2D eigenvalue weighted by molar-refractivity contribution is 7.80. The summed E-state index contributed by atoms with van der Waals surface area (Å²) < 4.78 is 0. The topological polar surface area (TPSA) is 28.2 Å². The van der Waals surface area contributed by atoms with Gasteiger partial charge in [0.2, 0.25) is 0 Å². The number of pyridine rings is 1. The third kappa shape index (κ3) is 4.18. The molecule has 0 saturated heterocycles. The lowest BCUT2D eigenvalue weighted by molar-refractivity contribution is 0.512. The number of hydrogen-bond donors (Lipinski definition) is 1. The van der Waals surface area contributed by atoms with Crippen molar-refractivity contribution in [2.75, 3.05) is 18.9 Å². The quantitative estimate of drug-likeness (QED) is 0.874. The van der Waals surface area contributed by atoms with Crippen LogP contribution in [-0.4, -0.2) is 28.6 Å². The number of anilines is 1. The zero-order valence-electron chi connectivity index (χ0n) is 11.2. The summed E-state index contributed by atoms with van der Waals surface area (Å²) in [5.41, 5.74) is 1.88. The number of thiocarbonyl (C=S) groups is 1. The van der Waals surface area contributed by atoms with Gasteiger partial charge in [0.25, 0.3) is 0 Å². The predicted molar refractivity (Wildman–Crippen MR) is 88.2 cm³/mol. The SMILES string of the molecule is CN(CCc1ccccn1)C(=S)Nc1ccccc1Cl. The molecule has 1 N–H and O–H groups in total. The van der Waals surface area contributed by atoms with Crippen molar-refractivity contribution >= 4 is 34.6 Å². The van der Waals surface area contributed by atoms with Crippen LogP contribution in [0.1, 0.15) is 5.69 Å². The van der Waals surface area contributed by atoms with Crippen molar-refractivity contribution in [2.24, 2.45) is 0 Å². The van der Waals surface area contributed by atoms with Crippen LogP contribution in [0.3, 0.4) is 0 Å². The first kappa shape index (κ1) is 14.8. The van der Waals surface area contributed by atoms with E-state index in [4.69, 9.17) is 23.8 Å². The summed E-state index contributed by atoms with van der Waals surface area (Å²) in [6, 6.07) is 13.5. The molecule has 0 unspecified atom stereocenters. The molecule has 104 valence electrons. The van der Waals surface area contributed by atoms with Gasteiger partial charge in [-0.05, 0) is 36.5 Å². The molecule has 2 rings (SSSR count). The van der Waals surface area contributed by atoms with E-state index in [0.29, 0.717) is 10.1 Å². The van der Waals surface area contributed by atoms with Gasteiger partial charge in [-0.15, -0.1) is 0 Å². The molecular weight excluding hydrogens is 290 g/mol. The fraction of sp³-hybridized carbons (Fsp3) is 0.200. The molecule has 0 amide bonds.